The zero-order chi connectivity index (χ0) is 8.27. The van der Waals surface area contributed by atoms with Gasteiger partial charge in [-0.3, -0.25) is 0 Å². The summed E-state index contributed by atoms with van der Waals surface area (Å²) in [5.74, 6) is 1.17. The van der Waals surface area contributed by atoms with Crippen molar-refractivity contribution in [1.82, 2.24) is 4.98 Å². The number of aryl methyl sites for hydroxylation is 1. The summed E-state index contributed by atoms with van der Waals surface area (Å²) in [5, 5.41) is 0. The minimum absolute atomic E-state index is 0.876. The van der Waals surface area contributed by atoms with Crippen LogP contribution >= 0.6 is 0 Å². The molecule has 0 atom stereocenters. The number of aromatic nitrogens is 1. The molecule has 0 aromatic carbocycles. The van der Waals surface area contributed by atoms with Gasteiger partial charge in [-0.2, -0.15) is 0 Å². The molecule has 0 aliphatic heterocycles. The van der Waals surface area contributed by atoms with Crippen LogP contribution in [0.1, 0.15) is 5.56 Å². The molecule has 11 heavy (non-hydrogen) atoms. The average Bonchev–Trinajstić information content (AvgIpc) is 2.36. The number of nitrogens with one attached hydrogen (secondary N) is 1. The summed E-state index contributed by atoms with van der Waals surface area (Å²) in [6.45, 7) is 6.65. The molecule has 0 unspecified atom stereocenters. The summed E-state index contributed by atoms with van der Waals surface area (Å²) >= 11 is 0. The molecule has 0 radical (unpaired) electrons. The quantitative estimate of drug-likeness (QED) is 0.652. The van der Waals surface area contributed by atoms with E-state index in [0.717, 1.165) is 6.54 Å². The van der Waals surface area contributed by atoms with E-state index in [-0.39, 0.29) is 0 Å². The lowest BCUT2D eigenvalue weighted by molar-refractivity contribution is 0.995. The number of anilines is 1. The first-order chi connectivity index (χ1) is 5.25. The fourth-order valence-electron chi connectivity index (χ4n) is 1.13. The Morgan fingerprint density at radius 1 is 1.73 bits per heavy atom. The molecule has 1 aromatic heterocycles. The molecule has 1 rings (SSSR count). The highest BCUT2D eigenvalue weighted by Gasteiger charge is 2.01. The minimum atomic E-state index is 0.876. The molecule has 2 heteroatoms. The van der Waals surface area contributed by atoms with Gasteiger partial charge in [-0.15, -0.1) is 6.58 Å². The Hall–Kier alpha value is -1.18. The second kappa shape index (κ2) is 3.28. The Morgan fingerprint density at radius 3 is 2.91 bits per heavy atom. The maximum Gasteiger partial charge on any atom is 0.108 e. The summed E-state index contributed by atoms with van der Waals surface area (Å²) in [5.41, 5.74) is 1.27. The standard InChI is InChI=1S/C9H14N2/c1-4-7-11(3)9-8(2)5-6-10-9/h4-6,10H,1,7H2,2-3H3. The maximum absolute atomic E-state index is 3.68. The van der Waals surface area contributed by atoms with E-state index in [1.165, 1.54) is 11.4 Å². The van der Waals surface area contributed by atoms with E-state index in [1.807, 2.05) is 19.3 Å². The van der Waals surface area contributed by atoms with Crippen LogP contribution in [-0.4, -0.2) is 18.6 Å². The lowest BCUT2D eigenvalue weighted by Crippen LogP contribution is -2.17. The van der Waals surface area contributed by atoms with Crippen molar-refractivity contribution >= 4 is 5.82 Å². The average molecular weight is 150 g/mol. The van der Waals surface area contributed by atoms with Crippen molar-refractivity contribution in [3.8, 4) is 0 Å². The zero-order valence-corrected chi connectivity index (χ0v) is 7.09. The highest BCUT2D eigenvalue weighted by atomic mass is 15.2. The van der Waals surface area contributed by atoms with Crippen molar-refractivity contribution in [1.29, 1.82) is 0 Å². The predicted octanol–water partition coefficient (Wildman–Crippen LogP) is 1.95. The van der Waals surface area contributed by atoms with Gasteiger partial charge >= 0.3 is 0 Å². The van der Waals surface area contributed by atoms with E-state index in [4.69, 9.17) is 0 Å². The fourth-order valence-corrected chi connectivity index (χ4v) is 1.13. The lowest BCUT2D eigenvalue weighted by Gasteiger charge is -2.15. The van der Waals surface area contributed by atoms with Crippen molar-refractivity contribution in [2.24, 2.45) is 0 Å². The Bertz CT molecular complexity index is 237. The minimum Gasteiger partial charge on any atom is -0.357 e. The number of likely N-dealkylation sites (N-methyl/N-ethyl adjacent to an activating group) is 1. The number of aromatic amines is 1. The van der Waals surface area contributed by atoms with Gasteiger partial charge in [-0.25, -0.2) is 0 Å². The Labute approximate surface area is 67.5 Å². The molecule has 0 aliphatic rings. The van der Waals surface area contributed by atoms with E-state index in [2.05, 4.69) is 29.5 Å². The fraction of sp³-hybridized carbons (Fsp3) is 0.333. The third-order valence-electron chi connectivity index (χ3n) is 1.71. The van der Waals surface area contributed by atoms with Crippen molar-refractivity contribution in [3.05, 3.63) is 30.5 Å². The first-order valence-electron chi connectivity index (χ1n) is 3.71. The second-order valence-corrected chi connectivity index (χ2v) is 2.68. The van der Waals surface area contributed by atoms with E-state index in [0.29, 0.717) is 0 Å². The monoisotopic (exact) mass is 150 g/mol. The summed E-state index contributed by atoms with van der Waals surface area (Å²) in [6.07, 6.45) is 3.84. The number of H-pyrrole nitrogens is 1. The number of rotatable bonds is 3. The molecule has 60 valence electrons. The van der Waals surface area contributed by atoms with Crippen LogP contribution in [0.25, 0.3) is 0 Å². The van der Waals surface area contributed by atoms with Crippen LogP contribution in [0, 0.1) is 6.92 Å². The van der Waals surface area contributed by atoms with E-state index in [9.17, 15) is 0 Å². The van der Waals surface area contributed by atoms with Gasteiger partial charge < -0.3 is 9.88 Å². The SMILES string of the molecule is C=CCN(C)c1[nH]ccc1C. The van der Waals surface area contributed by atoms with Crippen molar-refractivity contribution in [3.63, 3.8) is 0 Å². The molecule has 0 amide bonds. The lowest BCUT2D eigenvalue weighted by atomic mass is 10.3. The highest BCUT2D eigenvalue weighted by Crippen LogP contribution is 2.14. The van der Waals surface area contributed by atoms with E-state index in [1.54, 1.807) is 0 Å². The van der Waals surface area contributed by atoms with Crippen LogP contribution in [0.2, 0.25) is 0 Å². The summed E-state index contributed by atoms with van der Waals surface area (Å²) < 4.78 is 0. The Morgan fingerprint density at radius 2 is 2.45 bits per heavy atom. The molecule has 1 aromatic rings. The molecule has 0 spiro atoms. The predicted molar refractivity (Wildman–Crippen MR) is 49.0 cm³/mol. The van der Waals surface area contributed by atoms with Crippen LogP contribution in [0.15, 0.2) is 24.9 Å². The van der Waals surface area contributed by atoms with Crippen molar-refractivity contribution < 1.29 is 0 Å². The van der Waals surface area contributed by atoms with Crippen molar-refractivity contribution in [2.75, 3.05) is 18.5 Å². The van der Waals surface area contributed by atoms with Crippen LogP contribution < -0.4 is 4.90 Å². The van der Waals surface area contributed by atoms with Crippen LogP contribution in [0.5, 0.6) is 0 Å². The second-order valence-electron chi connectivity index (χ2n) is 2.68. The zero-order valence-electron chi connectivity index (χ0n) is 7.09. The Balaban J connectivity index is 2.74. The first kappa shape index (κ1) is 7.92. The summed E-state index contributed by atoms with van der Waals surface area (Å²) in [4.78, 5) is 5.30. The van der Waals surface area contributed by atoms with Gasteiger partial charge in [-0.1, -0.05) is 6.08 Å². The van der Waals surface area contributed by atoms with Gasteiger partial charge in [-0.05, 0) is 18.6 Å². The molecule has 0 fully saturated rings. The van der Waals surface area contributed by atoms with Gasteiger partial charge in [0.15, 0.2) is 0 Å². The molecule has 2 nitrogen and oxygen atoms in total. The van der Waals surface area contributed by atoms with Gasteiger partial charge in [0.25, 0.3) is 0 Å². The number of hydrogen-bond acceptors (Lipinski definition) is 1. The normalized spacial score (nSPS) is 9.64. The van der Waals surface area contributed by atoms with E-state index >= 15 is 0 Å². The Kier molecular flexibility index (Phi) is 2.36. The van der Waals surface area contributed by atoms with E-state index < -0.39 is 0 Å². The van der Waals surface area contributed by atoms with Crippen LogP contribution in [0.3, 0.4) is 0 Å². The highest BCUT2D eigenvalue weighted by molar-refractivity contribution is 5.46. The third-order valence-corrected chi connectivity index (χ3v) is 1.71. The van der Waals surface area contributed by atoms with Gasteiger partial charge in [0.2, 0.25) is 0 Å². The largest absolute Gasteiger partial charge is 0.357 e. The molecular weight excluding hydrogens is 136 g/mol. The molecule has 0 saturated heterocycles. The smallest absolute Gasteiger partial charge is 0.108 e. The molecule has 1 heterocycles. The van der Waals surface area contributed by atoms with Crippen LogP contribution in [-0.2, 0) is 0 Å². The van der Waals surface area contributed by atoms with Gasteiger partial charge in [0.1, 0.15) is 5.82 Å². The molecule has 1 N–H and O–H groups in total. The molecular formula is C9H14N2. The topological polar surface area (TPSA) is 19.0 Å². The van der Waals surface area contributed by atoms with Gasteiger partial charge in [0.05, 0.1) is 0 Å². The first-order valence-corrected chi connectivity index (χ1v) is 3.71. The summed E-state index contributed by atoms with van der Waals surface area (Å²) in [7, 11) is 2.04. The summed E-state index contributed by atoms with van der Waals surface area (Å²) in [6, 6.07) is 2.06. The van der Waals surface area contributed by atoms with Crippen molar-refractivity contribution in [2.45, 2.75) is 6.92 Å². The number of nitrogens with zero attached hydrogens (tertiary/aromatic N) is 1. The third kappa shape index (κ3) is 1.64. The van der Waals surface area contributed by atoms with Gasteiger partial charge in [0, 0.05) is 19.8 Å². The molecule has 0 aliphatic carbocycles. The molecule has 0 saturated carbocycles. The number of hydrogen-bond donors (Lipinski definition) is 1. The van der Waals surface area contributed by atoms with Crippen LogP contribution in [0.4, 0.5) is 5.82 Å². The molecule has 0 bridgehead atoms. The maximum atomic E-state index is 3.68.